The van der Waals surface area contributed by atoms with E-state index >= 15 is 0 Å². The van der Waals surface area contributed by atoms with Crippen LogP contribution in [-0.2, 0) is 4.74 Å². The Hall–Kier alpha value is -0.120. The molecule has 3 aliphatic rings. The van der Waals surface area contributed by atoms with Gasteiger partial charge in [0.1, 0.15) is 0 Å². The highest BCUT2D eigenvalue weighted by Crippen LogP contribution is 2.29. The molecule has 0 amide bonds. The van der Waals surface area contributed by atoms with Crippen molar-refractivity contribution in [3.63, 3.8) is 0 Å². The first kappa shape index (κ1) is 13.8. The predicted molar refractivity (Wildman–Crippen MR) is 76.2 cm³/mol. The summed E-state index contributed by atoms with van der Waals surface area (Å²) in [7, 11) is 0. The maximum atomic E-state index is 10.1. The van der Waals surface area contributed by atoms with Crippen molar-refractivity contribution in [3.8, 4) is 0 Å². The number of aliphatic hydroxyl groups is 1. The van der Waals surface area contributed by atoms with Crippen LogP contribution in [0.3, 0.4) is 0 Å². The Morgan fingerprint density at radius 3 is 2.00 bits per heavy atom. The fourth-order valence-electron chi connectivity index (χ4n) is 4.16. The zero-order valence-corrected chi connectivity index (χ0v) is 12.1. The van der Waals surface area contributed by atoms with Crippen molar-refractivity contribution >= 4 is 0 Å². The molecule has 0 spiro atoms. The zero-order valence-electron chi connectivity index (χ0n) is 12.1. The minimum absolute atomic E-state index is 0.0824. The number of likely N-dealkylation sites (tertiary alicyclic amines) is 1. The Kier molecular flexibility index (Phi) is 4.78. The Labute approximate surface area is 117 Å². The Morgan fingerprint density at radius 1 is 0.737 bits per heavy atom. The summed E-state index contributed by atoms with van der Waals surface area (Å²) in [5.74, 6) is 0. The first-order valence-corrected chi connectivity index (χ1v) is 8.40. The lowest BCUT2D eigenvalue weighted by molar-refractivity contribution is -0.0604. The number of nitrogens with zero attached hydrogens (tertiary/aromatic N) is 1. The van der Waals surface area contributed by atoms with Gasteiger partial charge in [0.2, 0.25) is 0 Å². The van der Waals surface area contributed by atoms with Crippen LogP contribution in [0.25, 0.3) is 0 Å². The first-order chi connectivity index (χ1) is 9.33. The molecule has 3 rings (SSSR count). The lowest BCUT2D eigenvalue weighted by Gasteiger charge is -2.41. The normalized spacial score (nSPS) is 35.8. The summed E-state index contributed by atoms with van der Waals surface area (Å²) in [5.41, 5.74) is 0. The van der Waals surface area contributed by atoms with Gasteiger partial charge in [0.05, 0.1) is 18.3 Å². The van der Waals surface area contributed by atoms with Gasteiger partial charge in [-0.05, 0) is 38.5 Å². The Bertz CT molecular complexity index is 270. The van der Waals surface area contributed by atoms with Crippen molar-refractivity contribution in [2.75, 3.05) is 13.1 Å². The van der Waals surface area contributed by atoms with Gasteiger partial charge in [-0.1, -0.05) is 25.7 Å². The fraction of sp³-hybridized carbons (Fsp3) is 1.00. The molecule has 2 aliphatic carbocycles. The van der Waals surface area contributed by atoms with Gasteiger partial charge in [0, 0.05) is 19.1 Å². The second-order valence-electron chi connectivity index (χ2n) is 6.70. The molecule has 3 heteroatoms. The molecule has 1 heterocycles. The van der Waals surface area contributed by atoms with Gasteiger partial charge in [-0.2, -0.15) is 0 Å². The van der Waals surface area contributed by atoms with Gasteiger partial charge in [0.15, 0.2) is 0 Å². The van der Waals surface area contributed by atoms with Crippen LogP contribution in [-0.4, -0.2) is 47.4 Å². The maximum Gasteiger partial charge on any atom is 0.0695 e. The monoisotopic (exact) mass is 267 g/mol. The van der Waals surface area contributed by atoms with Crippen LogP contribution in [0, 0.1) is 0 Å². The average Bonchev–Trinajstić information content (AvgIpc) is 2.93. The molecule has 0 bridgehead atoms. The third-order valence-corrected chi connectivity index (χ3v) is 5.33. The highest BCUT2D eigenvalue weighted by Gasteiger charge is 2.32. The number of ether oxygens (including phenoxy) is 1. The summed E-state index contributed by atoms with van der Waals surface area (Å²) >= 11 is 0. The molecule has 3 fully saturated rings. The molecule has 110 valence electrons. The van der Waals surface area contributed by atoms with Crippen LogP contribution in [0.4, 0.5) is 0 Å². The molecule has 1 N–H and O–H groups in total. The second-order valence-corrected chi connectivity index (χ2v) is 6.70. The van der Waals surface area contributed by atoms with E-state index in [0.717, 1.165) is 19.5 Å². The quantitative estimate of drug-likeness (QED) is 0.853. The van der Waals surface area contributed by atoms with Gasteiger partial charge in [-0.15, -0.1) is 0 Å². The summed E-state index contributed by atoms with van der Waals surface area (Å²) in [6.45, 7) is 2.25. The summed E-state index contributed by atoms with van der Waals surface area (Å²) in [5, 5.41) is 10.1. The van der Waals surface area contributed by atoms with Crippen molar-refractivity contribution in [2.24, 2.45) is 0 Å². The lowest BCUT2D eigenvalue weighted by Crippen LogP contribution is -2.50. The van der Waals surface area contributed by atoms with E-state index in [0.29, 0.717) is 18.2 Å². The third-order valence-electron chi connectivity index (χ3n) is 5.33. The number of aliphatic hydroxyl groups excluding tert-OH is 1. The maximum absolute atomic E-state index is 10.1. The molecule has 1 aliphatic heterocycles. The first-order valence-electron chi connectivity index (χ1n) is 8.40. The van der Waals surface area contributed by atoms with Gasteiger partial charge in [-0.25, -0.2) is 0 Å². The minimum Gasteiger partial charge on any atom is -0.391 e. The third kappa shape index (κ3) is 3.50. The molecule has 1 saturated heterocycles. The number of hydrogen-bond donors (Lipinski definition) is 1. The van der Waals surface area contributed by atoms with E-state index in [1.807, 2.05) is 0 Å². The molecular weight excluding hydrogens is 238 g/mol. The van der Waals surface area contributed by atoms with E-state index in [1.165, 1.54) is 57.8 Å². The fourth-order valence-corrected chi connectivity index (χ4v) is 4.16. The highest BCUT2D eigenvalue weighted by molar-refractivity contribution is 4.86. The van der Waals surface area contributed by atoms with Crippen LogP contribution >= 0.6 is 0 Å². The molecule has 19 heavy (non-hydrogen) atoms. The number of piperidine rings is 1. The summed E-state index contributed by atoms with van der Waals surface area (Å²) in [6, 6.07) is 0.432. The predicted octanol–water partition coefficient (Wildman–Crippen LogP) is 2.71. The molecule has 0 aromatic rings. The highest BCUT2D eigenvalue weighted by atomic mass is 16.5. The molecule has 2 atom stereocenters. The van der Waals surface area contributed by atoms with E-state index in [1.54, 1.807) is 0 Å². The molecule has 0 aromatic carbocycles. The number of hydrogen-bond acceptors (Lipinski definition) is 3. The van der Waals surface area contributed by atoms with Crippen LogP contribution in [0.15, 0.2) is 0 Å². The molecule has 2 unspecified atom stereocenters. The van der Waals surface area contributed by atoms with E-state index in [2.05, 4.69) is 4.90 Å². The lowest BCUT2D eigenvalue weighted by atomic mass is 9.90. The smallest absolute Gasteiger partial charge is 0.0695 e. The Balaban J connectivity index is 1.43. The van der Waals surface area contributed by atoms with Crippen LogP contribution < -0.4 is 0 Å². The molecule has 0 radical (unpaired) electrons. The van der Waals surface area contributed by atoms with Gasteiger partial charge in [0.25, 0.3) is 0 Å². The summed E-state index contributed by atoms with van der Waals surface area (Å²) < 4.78 is 6.23. The van der Waals surface area contributed by atoms with Gasteiger partial charge >= 0.3 is 0 Å². The summed E-state index contributed by atoms with van der Waals surface area (Å²) in [6.07, 6.45) is 13.3. The SMILES string of the molecule is OC1CCCCC1N1CCC(OC2CCCC2)CC1. The van der Waals surface area contributed by atoms with Crippen molar-refractivity contribution in [2.45, 2.75) is 88.6 Å². The second kappa shape index (κ2) is 6.55. The molecule has 0 aromatic heterocycles. The van der Waals surface area contributed by atoms with Crippen LogP contribution in [0.5, 0.6) is 0 Å². The molecule has 3 nitrogen and oxygen atoms in total. The minimum atomic E-state index is -0.0824. The van der Waals surface area contributed by atoms with E-state index < -0.39 is 0 Å². The standard InChI is InChI=1S/C16H29NO2/c18-16-8-4-3-7-15(16)17-11-9-14(10-12-17)19-13-5-1-2-6-13/h13-16,18H,1-12H2. The van der Waals surface area contributed by atoms with E-state index in [-0.39, 0.29) is 6.10 Å². The van der Waals surface area contributed by atoms with Crippen LogP contribution in [0.2, 0.25) is 0 Å². The molecule has 2 saturated carbocycles. The largest absolute Gasteiger partial charge is 0.391 e. The van der Waals surface area contributed by atoms with Crippen molar-refractivity contribution in [1.82, 2.24) is 4.90 Å². The number of rotatable bonds is 3. The topological polar surface area (TPSA) is 32.7 Å². The average molecular weight is 267 g/mol. The van der Waals surface area contributed by atoms with Crippen molar-refractivity contribution in [1.29, 1.82) is 0 Å². The molecular formula is C16H29NO2. The van der Waals surface area contributed by atoms with Crippen LogP contribution in [0.1, 0.15) is 64.2 Å². The van der Waals surface area contributed by atoms with Gasteiger partial charge < -0.3 is 9.84 Å². The van der Waals surface area contributed by atoms with E-state index in [4.69, 9.17) is 4.74 Å². The van der Waals surface area contributed by atoms with Crippen molar-refractivity contribution < 1.29 is 9.84 Å². The summed E-state index contributed by atoms with van der Waals surface area (Å²) in [4.78, 5) is 2.53. The Morgan fingerprint density at radius 2 is 1.32 bits per heavy atom. The van der Waals surface area contributed by atoms with Gasteiger partial charge in [-0.3, -0.25) is 4.90 Å². The zero-order chi connectivity index (χ0) is 13.1. The van der Waals surface area contributed by atoms with E-state index in [9.17, 15) is 5.11 Å². The van der Waals surface area contributed by atoms with Crippen molar-refractivity contribution in [3.05, 3.63) is 0 Å².